The molecule has 0 fully saturated rings. The molecule has 0 aliphatic rings. The Kier molecular flexibility index (Phi) is 6.15. The van der Waals surface area contributed by atoms with Gasteiger partial charge in [-0.1, -0.05) is 6.07 Å². The Morgan fingerprint density at radius 3 is 2.58 bits per heavy atom. The Bertz CT molecular complexity index is 419. The first-order valence-corrected chi connectivity index (χ1v) is 6.30. The van der Waals surface area contributed by atoms with E-state index in [4.69, 9.17) is 15.2 Å². The van der Waals surface area contributed by atoms with Crippen LogP contribution in [0.15, 0.2) is 18.2 Å². The van der Waals surface area contributed by atoms with Crippen LogP contribution >= 0.6 is 0 Å². The molecule has 0 saturated heterocycles. The van der Waals surface area contributed by atoms with Gasteiger partial charge in [-0.3, -0.25) is 4.79 Å². The third kappa shape index (κ3) is 5.18. The molecule has 0 heterocycles. The van der Waals surface area contributed by atoms with Crippen molar-refractivity contribution in [1.29, 1.82) is 0 Å². The van der Waals surface area contributed by atoms with Gasteiger partial charge in [-0.05, 0) is 31.0 Å². The van der Waals surface area contributed by atoms with E-state index in [1.807, 2.05) is 25.1 Å². The van der Waals surface area contributed by atoms with Crippen molar-refractivity contribution >= 4 is 5.91 Å². The van der Waals surface area contributed by atoms with Crippen LogP contribution in [0.1, 0.15) is 18.9 Å². The zero-order chi connectivity index (χ0) is 14.3. The third-order valence-corrected chi connectivity index (χ3v) is 2.69. The second-order valence-corrected chi connectivity index (χ2v) is 4.47. The maximum absolute atomic E-state index is 11.4. The zero-order valence-electron chi connectivity index (χ0n) is 11.7. The Hall–Kier alpha value is -1.75. The summed E-state index contributed by atoms with van der Waals surface area (Å²) in [6, 6.07) is 5.62. The summed E-state index contributed by atoms with van der Waals surface area (Å²) in [6.07, 6.45) is 1.09. The molecule has 1 aromatic carbocycles. The number of amides is 1. The highest BCUT2D eigenvalue weighted by Gasteiger charge is 2.06. The van der Waals surface area contributed by atoms with Gasteiger partial charge >= 0.3 is 0 Å². The normalized spacial score (nSPS) is 11.8. The minimum absolute atomic E-state index is 0.0181. The van der Waals surface area contributed by atoms with Crippen LogP contribution in [0.4, 0.5) is 0 Å². The Labute approximate surface area is 114 Å². The highest BCUT2D eigenvalue weighted by atomic mass is 16.5. The number of methoxy groups -OCH3 is 2. The van der Waals surface area contributed by atoms with E-state index in [1.54, 1.807) is 14.2 Å². The number of hydrogen-bond donors (Lipinski definition) is 2. The monoisotopic (exact) mass is 266 g/mol. The van der Waals surface area contributed by atoms with E-state index in [9.17, 15) is 4.79 Å². The van der Waals surface area contributed by atoms with Crippen LogP contribution in [-0.2, 0) is 11.2 Å². The molecular weight excluding hydrogens is 244 g/mol. The van der Waals surface area contributed by atoms with Crippen LogP contribution in [-0.4, -0.2) is 32.7 Å². The summed E-state index contributed by atoms with van der Waals surface area (Å²) >= 11 is 0. The summed E-state index contributed by atoms with van der Waals surface area (Å²) in [5.74, 6) is 1.38. The van der Waals surface area contributed by atoms with Crippen LogP contribution < -0.4 is 20.5 Å². The summed E-state index contributed by atoms with van der Waals surface area (Å²) in [7, 11) is 3.21. The largest absolute Gasteiger partial charge is 0.493 e. The minimum atomic E-state index is -0.110. The molecule has 1 unspecified atom stereocenters. The molecule has 106 valence electrons. The van der Waals surface area contributed by atoms with E-state index in [-0.39, 0.29) is 11.9 Å². The van der Waals surface area contributed by atoms with Crippen molar-refractivity contribution < 1.29 is 14.3 Å². The van der Waals surface area contributed by atoms with E-state index in [0.717, 1.165) is 12.0 Å². The summed E-state index contributed by atoms with van der Waals surface area (Å²) in [6.45, 7) is 2.40. The van der Waals surface area contributed by atoms with Crippen LogP contribution in [0.3, 0.4) is 0 Å². The Morgan fingerprint density at radius 2 is 2.00 bits per heavy atom. The first-order chi connectivity index (χ1) is 9.06. The van der Waals surface area contributed by atoms with Gasteiger partial charge in [0.15, 0.2) is 11.5 Å². The zero-order valence-corrected chi connectivity index (χ0v) is 11.7. The molecule has 3 N–H and O–H groups in total. The average molecular weight is 266 g/mol. The first-order valence-electron chi connectivity index (χ1n) is 6.30. The Balaban J connectivity index is 2.47. The average Bonchev–Trinajstić information content (AvgIpc) is 2.37. The van der Waals surface area contributed by atoms with Crippen LogP contribution in [0.2, 0.25) is 0 Å². The van der Waals surface area contributed by atoms with Gasteiger partial charge in [-0.15, -0.1) is 0 Å². The predicted molar refractivity (Wildman–Crippen MR) is 74.5 cm³/mol. The SMILES string of the molecule is COc1ccc(CCNC(=O)CC(C)N)cc1OC. The van der Waals surface area contributed by atoms with Crippen LogP contribution in [0, 0.1) is 0 Å². The molecule has 0 radical (unpaired) electrons. The molecule has 0 spiro atoms. The number of nitrogens with two attached hydrogens (primary N) is 1. The lowest BCUT2D eigenvalue weighted by molar-refractivity contribution is -0.121. The lowest BCUT2D eigenvalue weighted by Gasteiger charge is -2.10. The molecule has 0 aromatic heterocycles. The van der Waals surface area contributed by atoms with Gasteiger partial charge in [0.1, 0.15) is 0 Å². The van der Waals surface area contributed by atoms with Crippen molar-refractivity contribution in [2.45, 2.75) is 25.8 Å². The second kappa shape index (κ2) is 7.63. The van der Waals surface area contributed by atoms with Gasteiger partial charge in [0.2, 0.25) is 5.91 Å². The fourth-order valence-electron chi connectivity index (χ4n) is 1.75. The molecule has 0 bridgehead atoms. The maximum Gasteiger partial charge on any atom is 0.221 e. The van der Waals surface area contributed by atoms with Crippen molar-refractivity contribution in [2.75, 3.05) is 20.8 Å². The molecule has 5 nitrogen and oxygen atoms in total. The highest BCUT2D eigenvalue weighted by molar-refractivity contribution is 5.76. The number of nitrogens with one attached hydrogen (secondary N) is 1. The molecule has 19 heavy (non-hydrogen) atoms. The molecular formula is C14H22N2O3. The van der Waals surface area contributed by atoms with Gasteiger partial charge in [0.05, 0.1) is 14.2 Å². The number of rotatable bonds is 7. The lowest BCUT2D eigenvalue weighted by atomic mass is 10.1. The quantitative estimate of drug-likeness (QED) is 0.775. The minimum Gasteiger partial charge on any atom is -0.493 e. The van der Waals surface area contributed by atoms with Gasteiger partial charge in [-0.2, -0.15) is 0 Å². The highest BCUT2D eigenvalue weighted by Crippen LogP contribution is 2.27. The predicted octanol–water partition coefficient (Wildman–Crippen LogP) is 1.10. The van der Waals surface area contributed by atoms with E-state index < -0.39 is 0 Å². The van der Waals surface area contributed by atoms with Crippen molar-refractivity contribution in [3.05, 3.63) is 23.8 Å². The summed E-state index contributed by atoms with van der Waals surface area (Å²) in [4.78, 5) is 11.4. The van der Waals surface area contributed by atoms with Crippen molar-refractivity contribution in [1.82, 2.24) is 5.32 Å². The van der Waals surface area contributed by atoms with Crippen LogP contribution in [0.25, 0.3) is 0 Å². The maximum atomic E-state index is 11.4. The van der Waals surface area contributed by atoms with Gasteiger partial charge in [-0.25, -0.2) is 0 Å². The molecule has 5 heteroatoms. The van der Waals surface area contributed by atoms with E-state index in [2.05, 4.69) is 5.32 Å². The summed E-state index contributed by atoms with van der Waals surface area (Å²) in [5.41, 5.74) is 6.64. The number of carbonyl (C=O) groups is 1. The first kappa shape index (κ1) is 15.3. The van der Waals surface area contributed by atoms with E-state index >= 15 is 0 Å². The van der Waals surface area contributed by atoms with Gasteiger partial charge < -0.3 is 20.5 Å². The van der Waals surface area contributed by atoms with Crippen molar-refractivity contribution in [3.63, 3.8) is 0 Å². The Morgan fingerprint density at radius 1 is 1.32 bits per heavy atom. The fourth-order valence-corrected chi connectivity index (χ4v) is 1.75. The smallest absolute Gasteiger partial charge is 0.221 e. The third-order valence-electron chi connectivity index (χ3n) is 2.69. The molecule has 0 saturated carbocycles. The molecule has 1 amide bonds. The topological polar surface area (TPSA) is 73.6 Å². The standard InChI is InChI=1S/C14H22N2O3/c1-10(15)8-14(17)16-7-6-11-4-5-12(18-2)13(9-11)19-3/h4-5,9-10H,6-8,15H2,1-3H3,(H,16,17). The van der Waals surface area contributed by atoms with Crippen LogP contribution in [0.5, 0.6) is 11.5 Å². The van der Waals surface area contributed by atoms with E-state index in [1.165, 1.54) is 0 Å². The number of benzene rings is 1. The van der Waals surface area contributed by atoms with Crippen molar-refractivity contribution in [3.8, 4) is 11.5 Å². The van der Waals surface area contributed by atoms with Gasteiger partial charge in [0.25, 0.3) is 0 Å². The number of hydrogen-bond acceptors (Lipinski definition) is 4. The summed E-state index contributed by atoms with van der Waals surface area (Å²) < 4.78 is 10.4. The molecule has 0 aliphatic heterocycles. The van der Waals surface area contributed by atoms with Gasteiger partial charge in [0, 0.05) is 19.0 Å². The number of ether oxygens (including phenoxy) is 2. The lowest BCUT2D eigenvalue weighted by Crippen LogP contribution is -2.31. The molecule has 0 aliphatic carbocycles. The fraction of sp³-hybridized carbons (Fsp3) is 0.500. The van der Waals surface area contributed by atoms with Crippen molar-refractivity contribution in [2.24, 2.45) is 5.73 Å². The molecule has 1 atom stereocenters. The number of carbonyl (C=O) groups excluding carboxylic acids is 1. The summed E-state index contributed by atoms with van der Waals surface area (Å²) in [5, 5.41) is 2.84. The second-order valence-electron chi connectivity index (χ2n) is 4.47. The van der Waals surface area contributed by atoms with E-state index in [0.29, 0.717) is 24.5 Å². The molecule has 1 aromatic rings. The molecule has 1 rings (SSSR count).